The van der Waals surface area contributed by atoms with Crippen molar-refractivity contribution in [3.8, 4) is 0 Å². The van der Waals surface area contributed by atoms with E-state index in [0.29, 0.717) is 12.0 Å². The van der Waals surface area contributed by atoms with E-state index in [1.54, 1.807) is 17.8 Å². The number of carbonyl (C=O) groups excluding carboxylic acids is 2. The highest BCUT2D eigenvalue weighted by Gasteiger charge is 2.21. The van der Waals surface area contributed by atoms with Gasteiger partial charge in [-0.25, -0.2) is 0 Å². The van der Waals surface area contributed by atoms with Gasteiger partial charge in [-0.3, -0.25) is 9.59 Å². The van der Waals surface area contributed by atoms with Gasteiger partial charge in [0.05, 0.1) is 5.69 Å². The number of halogens is 1. The van der Waals surface area contributed by atoms with Gasteiger partial charge < -0.3 is 16.4 Å². The number of fused-ring (bicyclic) bond motifs is 1. The van der Waals surface area contributed by atoms with Crippen LogP contribution in [0.15, 0.2) is 23.1 Å². The number of carbonyl (C=O) groups is 2. The lowest BCUT2D eigenvalue weighted by molar-refractivity contribution is -0.115. The van der Waals surface area contributed by atoms with Gasteiger partial charge >= 0.3 is 0 Å². The quantitative estimate of drug-likeness (QED) is 0.761. The van der Waals surface area contributed by atoms with Crippen LogP contribution in [0.25, 0.3) is 0 Å². The fourth-order valence-electron chi connectivity index (χ4n) is 2.89. The van der Waals surface area contributed by atoms with Crippen molar-refractivity contribution in [3.63, 3.8) is 0 Å². The zero-order chi connectivity index (χ0) is 15.5. The Morgan fingerprint density at radius 1 is 1.26 bits per heavy atom. The molecular weight excluding hydrogens is 334 g/mol. The van der Waals surface area contributed by atoms with Crippen molar-refractivity contribution in [2.75, 3.05) is 11.1 Å². The minimum atomic E-state index is -0.0771. The Kier molecular flexibility index (Phi) is 6.33. The summed E-state index contributed by atoms with van der Waals surface area (Å²) in [5, 5.41) is 5.95. The molecule has 0 aromatic heterocycles. The molecule has 1 aliphatic heterocycles. The van der Waals surface area contributed by atoms with Crippen LogP contribution in [0, 0.1) is 0 Å². The van der Waals surface area contributed by atoms with Crippen molar-refractivity contribution >= 4 is 41.7 Å². The van der Waals surface area contributed by atoms with Gasteiger partial charge in [-0.15, -0.1) is 24.2 Å². The molecular formula is C16H22ClN3O2S. The number of hydrogen-bond acceptors (Lipinski definition) is 4. The van der Waals surface area contributed by atoms with E-state index >= 15 is 0 Å². The molecule has 1 aliphatic carbocycles. The Labute approximate surface area is 146 Å². The maximum absolute atomic E-state index is 12.4. The van der Waals surface area contributed by atoms with Crippen LogP contribution >= 0.6 is 24.2 Å². The number of benzene rings is 1. The average molecular weight is 356 g/mol. The van der Waals surface area contributed by atoms with Crippen molar-refractivity contribution in [2.45, 2.75) is 49.1 Å². The van der Waals surface area contributed by atoms with E-state index in [4.69, 9.17) is 5.73 Å². The van der Waals surface area contributed by atoms with Gasteiger partial charge in [-0.1, -0.05) is 0 Å². The van der Waals surface area contributed by atoms with Crippen LogP contribution < -0.4 is 16.4 Å². The molecule has 4 N–H and O–H groups in total. The van der Waals surface area contributed by atoms with Gasteiger partial charge in [0.1, 0.15) is 0 Å². The molecule has 1 heterocycles. The standard InChI is InChI=1S/C16H21N3O2S.ClH/c17-11-2-4-12(5-3-11)18-16(21)10-1-6-14-13(9-10)19-15(20)7-8-22-14;/h1,6,9,11-12H,2-5,7-8,17H2,(H,18,21)(H,19,20);1H. The van der Waals surface area contributed by atoms with Gasteiger partial charge in [-0.05, 0) is 43.9 Å². The Morgan fingerprint density at radius 2 is 2.00 bits per heavy atom. The number of nitrogens with two attached hydrogens (primary N) is 1. The van der Waals surface area contributed by atoms with Crippen LogP contribution in [0.5, 0.6) is 0 Å². The third kappa shape index (κ3) is 4.62. The van der Waals surface area contributed by atoms with Crippen molar-refractivity contribution < 1.29 is 9.59 Å². The van der Waals surface area contributed by atoms with E-state index in [1.165, 1.54) is 0 Å². The summed E-state index contributed by atoms with van der Waals surface area (Å²) in [4.78, 5) is 25.0. The Bertz CT molecular complexity index is 589. The second-order valence-corrected chi connectivity index (χ2v) is 7.08. The molecule has 3 rings (SSSR count). The summed E-state index contributed by atoms with van der Waals surface area (Å²) in [6, 6.07) is 5.99. The molecule has 0 unspecified atom stereocenters. The smallest absolute Gasteiger partial charge is 0.251 e. The van der Waals surface area contributed by atoms with Crippen LogP contribution in [0.1, 0.15) is 42.5 Å². The number of rotatable bonds is 2. The van der Waals surface area contributed by atoms with E-state index in [-0.39, 0.29) is 36.3 Å². The summed E-state index contributed by atoms with van der Waals surface area (Å²) in [5.41, 5.74) is 7.22. The molecule has 1 aromatic rings. The van der Waals surface area contributed by atoms with Crippen molar-refractivity contribution in [2.24, 2.45) is 5.73 Å². The predicted molar refractivity (Wildman–Crippen MR) is 95.4 cm³/mol. The monoisotopic (exact) mass is 355 g/mol. The van der Waals surface area contributed by atoms with Gasteiger partial charge in [0.15, 0.2) is 0 Å². The first-order valence-electron chi connectivity index (χ1n) is 7.75. The van der Waals surface area contributed by atoms with E-state index in [2.05, 4.69) is 10.6 Å². The maximum Gasteiger partial charge on any atom is 0.251 e. The van der Waals surface area contributed by atoms with Gasteiger partial charge in [0, 0.05) is 34.7 Å². The second kappa shape index (κ2) is 8.04. The lowest BCUT2D eigenvalue weighted by Gasteiger charge is -2.26. The Hall–Kier alpha value is -1.24. The van der Waals surface area contributed by atoms with Crippen molar-refractivity contribution in [1.82, 2.24) is 5.32 Å². The summed E-state index contributed by atoms with van der Waals surface area (Å²) >= 11 is 1.64. The molecule has 23 heavy (non-hydrogen) atoms. The molecule has 1 saturated carbocycles. The first-order chi connectivity index (χ1) is 10.6. The second-order valence-electron chi connectivity index (χ2n) is 5.94. The molecule has 0 atom stereocenters. The van der Waals surface area contributed by atoms with Gasteiger partial charge in [-0.2, -0.15) is 0 Å². The van der Waals surface area contributed by atoms with Gasteiger partial charge in [0.2, 0.25) is 5.91 Å². The highest BCUT2D eigenvalue weighted by molar-refractivity contribution is 7.99. The topological polar surface area (TPSA) is 84.2 Å². The molecule has 0 spiro atoms. The predicted octanol–water partition coefficient (Wildman–Crippen LogP) is 2.54. The molecule has 0 bridgehead atoms. The number of anilines is 1. The zero-order valence-corrected chi connectivity index (χ0v) is 14.5. The van der Waals surface area contributed by atoms with E-state index in [1.807, 2.05) is 12.1 Å². The maximum atomic E-state index is 12.4. The molecule has 0 radical (unpaired) electrons. The molecule has 126 valence electrons. The average Bonchev–Trinajstić information content (AvgIpc) is 2.69. The Balaban J connectivity index is 0.00000192. The number of hydrogen-bond donors (Lipinski definition) is 3. The fraction of sp³-hybridized carbons (Fsp3) is 0.500. The number of nitrogens with one attached hydrogen (secondary N) is 2. The minimum Gasteiger partial charge on any atom is -0.349 e. The van der Waals surface area contributed by atoms with E-state index in [9.17, 15) is 9.59 Å². The van der Waals surface area contributed by atoms with Crippen LogP contribution in [0.4, 0.5) is 5.69 Å². The minimum absolute atomic E-state index is 0. The van der Waals surface area contributed by atoms with Crippen LogP contribution in [0.3, 0.4) is 0 Å². The van der Waals surface area contributed by atoms with Crippen molar-refractivity contribution in [3.05, 3.63) is 23.8 Å². The van der Waals surface area contributed by atoms with Crippen LogP contribution in [-0.4, -0.2) is 29.7 Å². The number of thioether (sulfide) groups is 1. The van der Waals surface area contributed by atoms with Crippen LogP contribution in [-0.2, 0) is 4.79 Å². The summed E-state index contributed by atoms with van der Waals surface area (Å²) in [7, 11) is 0. The first-order valence-corrected chi connectivity index (χ1v) is 8.73. The normalized spacial score (nSPS) is 23.8. The lowest BCUT2D eigenvalue weighted by atomic mass is 9.91. The highest BCUT2D eigenvalue weighted by Crippen LogP contribution is 2.31. The van der Waals surface area contributed by atoms with E-state index in [0.717, 1.165) is 42.0 Å². The lowest BCUT2D eigenvalue weighted by Crippen LogP contribution is -2.40. The molecule has 2 amide bonds. The molecule has 5 nitrogen and oxygen atoms in total. The molecule has 7 heteroatoms. The number of amides is 2. The first kappa shape index (κ1) is 18.1. The molecule has 0 saturated heterocycles. The third-order valence-electron chi connectivity index (χ3n) is 4.21. The summed E-state index contributed by atoms with van der Waals surface area (Å²) in [5.74, 6) is 0.698. The zero-order valence-electron chi connectivity index (χ0n) is 12.8. The van der Waals surface area contributed by atoms with Crippen LogP contribution in [0.2, 0.25) is 0 Å². The third-order valence-corrected chi connectivity index (χ3v) is 5.28. The summed E-state index contributed by atoms with van der Waals surface area (Å²) < 4.78 is 0. The highest BCUT2D eigenvalue weighted by atomic mass is 35.5. The SMILES string of the molecule is Cl.NC1CCC(NC(=O)c2ccc3c(c2)NC(=O)CCS3)CC1. The largest absolute Gasteiger partial charge is 0.349 e. The molecule has 2 aliphatic rings. The summed E-state index contributed by atoms with van der Waals surface area (Å²) in [6.07, 6.45) is 4.29. The van der Waals surface area contributed by atoms with Crippen molar-refractivity contribution in [1.29, 1.82) is 0 Å². The van der Waals surface area contributed by atoms with E-state index < -0.39 is 0 Å². The Morgan fingerprint density at radius 3 is 2.74 bits per heavy atom. The summed E-state index contributed by atoms with van der Waals surface area (Å²) in [6.45, 7) is 0. The molecule has 1 aromatic carbocycles. The molecule has 1 fully saturated rings. The van der Waals surface area contributed by atoms with Gasteiger partial charge in [0.25, 0.3) is 5.91 Å². The fourth-order valence-corrected chi connectivity index (χ4v) is 3.83.